The first kappa shape index (κ1) is 15.7. The second kappa shape index (κ2) is 6.37. The summed E-state index contributed by atoms with van der Waals surface area (Å²) in [5.41, 5.74) is 6.35. The Bertz CT molecular complexity index is 599. The van der Waals surface area contributed by atoms with Crippen molar-refractivity contribution in [3.63, 3.8) is 0 Å². The minimum atomic E-state index is -3.68. The highest BCUT2D eigenvalue weighted by Crippen LogP contribution is 2.35. The quantitative estimate of drug-likeness (QED) is 0.756. The molecule has 8 nitrogen and oxygen atoms in total. The summed E-state index contributed by atoms with van der Waals surface area (Å²) in [6.07, 6.45) is 0. The van der Waals surface area contributed by atoms with Crippen LogP contribution in [0.5, 0.6) is 11.5 Å². The van der Waals surface area contributed by atoms with E-state index in [-0.39, 0.29) is 11.4 Å². The maximum absolute atomic E-state index is 12.3. The summed E-state index contributed by atoms with van der Waals surface area (Å²) in [4.78, 5) is 0. The summed E-state index contributed by atoms with van der Waals surface area (Å²) in [7, 11) is -0.729. The summed E-state index contributed by atoms with van der Waals surface area (Å²) in [5.74, 6) is 0.829. The minimum absolute atomic E-state index is 0.249. The number of nitrogens with zero attached hydrogens (tertiary/aromatic N) is 1. The lowest BCUT2D eigenvalue weighted by atomic mass is 10.2. The Hall–Kier alpha value is -1.71. The molecule has 0 aliphatic carbocycles. The molecule has 1 aromatic carbocycles. The Labute approximate surface area is 124 Å². The van der Waals surface area contributed by atoms with Crippen molar-refractivity contribution in [2.45, 2.75) is 0 Å². The topological polar surface area (TPSA) is 103 Å². The van der Waals surface area contributed by atoms with Gasteiger partial charge in [-0.1, -0.05) is 0 Å². The van der Waals surface area contributed by atoms with E-state index in [9.17, 15) is 8.42 Å². The normalized spacial score (nSPS) is 16.5. The van der Waals surface area contributed by atoms with E-state index in [0.717, 1.165) is 0 Å². The molecule has 0 amide bonds. The van der Waals surface area contributed by atoms with Crippen LogP contribution in [0, 0.1) is 0 Å². The van der Waals surface area contributed by atoms with Crippen molar-refractivity contribution < 1.29 is 22.6 Å². The van der Waals surface area contributed by atoms with Crippen molar-refractivity contribution >= 4 is 21.6 Å². The highest BCUT2D eigenvalue weighted by atomic mass is 32.2. The number of rotatable bonds is 5. The maximum Gasteiger partial charge on any atom is 0.301 e. The lowest BCUT2D eigenvalue weighted by Crippen LogP contribution is -2.43. The van der Waals surface area contributed by atoms with Crippen LogP contribution < -0.4 is 19.9 Å². The summed E-state index contributed by atoms with van der Waals surface area (Å²) in [6, 6.07) is 3.00. The van der Waals surface area contributed by atoms with Gasteiger partial charge in [0.25, 0.3) is 0 Å². The van der Waals surface area contributed by atoms with Crippen LogP contribution >= 0.6 is 0 Å². The van der Waals surface area contributed by atoms with Crippen LogP contribution in [0.3, 0.4) is 0 Å². The van der Waals surface area contributed by atoms with E-state index >= 15 is 0 Å². The van der Waals surface area contributed by atoms with Crippen molar-refractivity contribution in [3.05, 3.63) is 12.1 Å². The molecule has 0 aromatic heterocycles. The molecule has 1 aromatic rings. The zero-order valence-electron chi connectivity index (χ0n) is 12.0. The number of hydrogen-bond donors (Lipinski definition) is 2. The van der Waals surface area contributed by atoms with Crippen molar-refractivity contribution in [3.8, 4) is 11.5 Å². The van der Waals surface area contributed by atoms with E-state index in [4.69, 9.17) is 19.9 Å². The van der Waals surface area contributed by atoms with Gasteiger partial charge in [0.2, 0.25) is 0 Å². The molecule has 1 aliphatic heterocycles. The summed E-state index contributed by atoms with van der Waals surface area (Å²) >= 11 is 0. The molecule has 2 rings (SSSR count). The van der Waals surface area contributed by atoms with E-state index in [1.807, 2.05) is 0 Å². The molecular formula is C12H19N3O5S. The van der Waals surface area contributed by atoms with Gasteiger partial charge in [-0.3, -0.25) is 4.72 Å². The predicted octanol–water partition coefficient (Wildman–Crippen LogP) is 0.275. The summed E-state index contributed by atoms with van der Waals surface area (Å²) in [6.45, 7) is 1.37. The fourth-order valence-corrected chi connectivity index (χ4v) is 3.19. The molecule has 21 heavy (non-hydrogen) atoms. The van der Waals surface area contributed by atoms with Crippen molar-refractivity contribution in [1.29, 1.82) is 0 Å². The van der Waals surface area contributed by atoms with Crippen molar-refractivity contribution in [2.75, 3.05) is 51.0 Å². The van der Waals surface area contributed by atoms with Crippen molar-refractivity contribution in [2.24, 2.45) is 0 Å². The summed E-state index contributed by atoms with van der Waals surface area (Å²) in [5, 5.41) is 0. The summed E-state index contributed by atoms with van der Waals surface area (Å²) < 4.78 is 43.8. The van der Waals surface area contributed by atoms with Gasteiger partial charge < -0.3 is 19.9 Å². The largest absolute Gasteiger partial charge is 0.493 e. The molecule has 0 atom stereocenters. The highest BCUT2D eigenvalue weighted by Gasteiger charge is 2.25. The lowest BCUT2D eigenvalue weighted by molar-refractivity contribution is 0.0733. The van der Waals surface area contributed by atoms with Crippen LogP contribution in [0.15, 0.2) is 12.1 Å². The smallest absolute Gasteiger partial charge is 0.301 e. The fourth-order valence-electron chi connectivity index (χ4n) is 1.97. The first-order valence-corrected chi connectivity index (χ1v) is 7.79. The first-order valence-electron chi connectivity index (χ1n) is 6.35. The van der Waals surface area contributed by atoms with Crippen LogP contribution in [0.4, 0.5) is 11.4 Å². The lowest BCUT2D eigenvalue weighted by Gasteiger charge is -2.26. The number of ether oxygens (including phenoxy) is 3. The maximum atomic E-state index is 12.3. The first-order chi connectivity index (χ1) is 9.97. The molecule has 3 N–H and O–H groups in total. The average Bonchev–Trinajstić information content (AvgIpc) is 2.49. The number of methoxy groups -OCH3 is 2. The molecule has 1 fully saturated rings. The highest BCUT2D eigenvalue weighted by molar-refractivity contribution is 7.90. The Morgan fingerprint density at radius 2 is 1.76 bits per heavy atom. The van der Waals surface area contributed by atoms with Gasteiger partial charge in [0, 0.05) is 25.2 Å². The van der Waals surface area contributed by atoms with Gasteiger partial charge in [0.15, 0.2) is 11.5 Å². The van der Waals surface area contributed by atoms with Crippen LogP contribution in [-0.2, 0) is 14.9 Å². The van der Waals surface area contributed by atoms with E-state index in [2.05, 4.69) is 4.72 Å². The Balaban J connectivity index is 2.26. The number of nitrogens with two attached hydrogens (primary N) is 1. The number of nitrogens with one attached hydrogen (secondary N) is 1. The third-order valence-corrected chi connectivity index (χ3v) is 4.63. The fraction of sp³-hybridized carbons (Fsp3) is 0.500. The van der Waals surface area contributed by atoms with Gasteiger partial charge in [-0.25, -0.2) is 0 Å². The van der Waals surface area contributed by atoms with Crippen LogP contribution in [-0.4, -0.2) is 53.2 Å². The van der Waals surface area contributed by atoms with Crippen LogP contribution in [0.2, 0.25) is 0 Å². The molecule has 1 heterocycles. The Morgan fingerprint density at radius 3 is 2.33 bits per heavy atom. The van der Waals surface area contributed by atoms with Gasteiger partial charge in [-0.05, 0) is 0 Å². The van der Waals surface area contributed by atoms with Gasteiger partial charge >= 0.3 is 10.2 Å². The molecular weight excluding hydrogens is 298 g/mol. The van der Waals surface area contributed by atoms with E-state index in [1.165, 1.54) is 30.7 Å². The van der Waals surface area contributed by atoms with Crippen LogP contribution in [0.25, 0.3) is 0 Å². The Morgan fingerprint density at radius 1 is 1.19 bits per heavy atom. The number of nitrogen functional groups attached to an aromatic ring is 1. The monoisotopic (exact) mass is 317 g/mol. The zero-order valence-corrected chi connectivity index (χ0v) is 12.8. The second-order valence-corrected chi connectivity index (χ2v) is 6.08. The molecule has 0 unspecified atom stereocenters. The molecule has 1 saturated heterocycles. The SMILES string of the molecule is COc1cc(N)c(NS(=O)(=O)N2CCOCC2)cc1OC. The molecule has 0 spiro atoms. The molecule has 0 bridgehead atoms. The van der Waals surface area contributed by atoms with E-state index in [0.29, 0.717) is 37.8 Å². The predicted molar refractivity (Wildman–Crippen MR) is 78.9 cm³/mol. The third-order valence-electron chi connectivity index (χ3n) is 3.10. The number of anilines is 2. The minimum Gasteiger partial charge on any atom is -0.493 e. The average molecular weight is 317 g/mol. The molecule has 118 valence electrons. The Kier molecular flexibility index (Phi) is 4.76. The molecule has 1 aliphatic rings. The standard InChI is InChI=1S/C12H19N3O5S/c1-18-11-7-9(13)10(8-12(11)19-2)14-21(16,17)15-3-5-20-6-4-15/h7-8,14H,3-6,13H2,1-2H3. The number of morpholine rings is 1. The third kappa shape index (κ3) is 3.49. The zero-order chi connectivity index (χ0) is 15.5. The molecule has 0 radical (unpaired) electrons. The van der Waals surface area contributed by atoms with Gasteiger partial charge in [-0.15, -0.1) is 0 Å². The van der Waals surface area contributed by atoms with E-state index in [1.54, 1.807) is 0 Å². The van der Waals surface area contributed by atoms with E-state index < -0.39 is 10.2 Å². The van der Waals surface area contributed by atoms with Gasteiger partial charge in [-0.2, -0.15) is 12.7 Å². The van der Waals surface area contributed by atoms with Gasteiger partial charge in [0.1, 0.15) is 0 Å². The molecule has 0 saturated carbocycles. The number of benzene rings is 1. The van der Waals surface area contributed by atoms with Crippen molar-refractivity contribution in [1.82, 2.24) is 4.31 Å². The number of hydrogen-bond acceptors (Lipinski definition) is 6. The molecule has 9 heteroatoms. The second-order valence-electron chi connectivity index (χ2n) is 4.41. The van der Waals surface area contributed by atoms with Crippen LogP contribution in [0.1, 0.15) is 0 Å². The van der Waals surface area contributed by atoms with Gasteiger partial charge in [0.05, 0.1) is 38.8 Å².